The molecular formula is C11H20N2. The first-order chi connectivity index (χ1) is 6.40. The lowest BCUT2D eigenvalue weighted by atomic mass is 10.1. The Hall–Kier alpha value is -0.340. The van der Waals surface area contributed by atoms with Gasteiger partial charge in [0, 0.05) is 32.2 Å². The third-order valence-electron chi connectivity index (χ3n) is 3.39. The van der Waals surface area contributed by atoms with Gasteiger partial charge >= 0.3 is 0 Å². The molecule has 2 atom stereocenters. The molecule has 1 saturated carbocycles. The summed E-state index contributed by atoms with van der Waals surface area (Å²) < 4.78 is 0. The van der Waals surface area contributed by atoms with Crippen molar-refractivity contribution in [3.63, 3.8) is 0 Å². The summed E-state index contributed by atoms with van der Waals surface area (Å²) in [6.45, 7) is 8.35. The molecule has 13 heavy (non-hydrogen) atoms. The molecule has 2 fully saturated rings. The van der Waals surface area contributed by atoms with E-state index in [9.17, 15) is 0 Å². The van der Waals surface area contributed by atoms with Crippen molar-refractivity contribution in [2.24, 2.45) is 5.92 Å². The van der Waals surface area contributed by atoms with Gasteiger partial charge < -0.3 is 5.32 Å². The molecule has 2 nitrogen and oxygen atoms in total. The van der Waals surface area contributed by atoms with Gasteiger partial charge in [-0.25, -0.2) is 0 Å². The Balaban J connectivity index is 1.63. The average molecular weight is 180 g/mol. The summed E-state index contributed by atoms with van der Waals surface area (Å²) in [5.74, 6) is 1.03. The van der Waals surface area contributed by atoms with Gasteiger partial charge in [0.25, 0.3) is 0 Å². The zero-order valence-electron chi connectivity index (χ0n) is 8.34. The van der Waals surface area contributed by atoms with Crippen molar-refractivity contribution in [3.8, 4) is 0 Å². The van der Waals surface area contributed by atoms with Crippen molar-refractivity contribution in [2.45, 2.75) is 25.3 Å². The fraction of sp³-hybridized carbons (Fsp3) is 0.818. The maximum absolute atomic E-state index is 3.69. The van der Waals surface area contributed by atoms with Crippen molar-refractivity contribution in [1.82, 2.24) is 10.2 Å². The minimum Gasteiger partial charge on any atom is -0.312 e. The first-order valence-corrected chi connectivity index (χ1v) is 5.46. The zero-order chi connectivity index (χ0) is 9.10. The van der Waals surface area contributed by atoms with E-state index in [0.717, 1.165) is 25.0 Å². The van der Waals surface area contributed by atoms with Gasteiger partial charge in [-0.05, 0) is 25.2 Å². The van der Waals surface area contributed by atoms with E-state index in [1.807, 2.05) is 6.08 Å². The topological polar surface area (TPSA) is 15.3 Å². The van der Waals surface area contributed by atoms with Gasteiger partial charge in [0.15, 0.2) is 0 Å². The number of nitrogens with one attached hydrogen (secondary N) is 1. The molecule has 1 aliphatic heterocycles. The number of fused-ring (bicyclic) bond motifs is 2. The molecule has 2 aliphatic rings. The molecule has 0 spiro atoms. The highest BCUT2D eigenvalue weighted by Gasteiger charge is 2.36. The largest absolute Gasteiger partial charge is 0.312 e. The number of likely N-dealkylation sites (tertiary alicyclic amines) is 1. The van der Waals surface area contributed by atoms with Crippen molar-refractivity contribution < 1.29 is 0 Å². The lowest BCUT2D eigenvalue weighted by Gasteiger charge is -2.26. The van der Waals surface area contributed by atoms with Crippen molar-refractivity contribution in [3.05, 3.63) is 12.7 Å². The van der Waals surface area contributed by atoms with Gasteiger partial charge in [-0.3, -0.25) is 4.90 Å². The molecular weight excluding hydrogens is 160 g/mol. The first kappa shape index (κ1) is 9.22. The SMILES string of the molecule is C=CCNCCN1CC2CCC1C2. The monoisotopic (exact) mass is 180 g/mol. The second-order valence-corrected chi connectivity index (χ2v) is 4.32. The molecule has 0 aromatic heterocycles. The zero-order valence-corrected chi connectivity index (χ0v) is 8.34. The Bertz CT molecular complexity index is 179. The molecule has 1 heterocycles. The standard InChI is InChI=1S/C11H20N2/c1-2-5-12-6-7-13-9-10-3-4-11(13)8-10/h2,10-12H,1,3-9H2. The molecule has 2 heteroatoms. The highest BCUT2D eigenvalue weighted by atomic mass is 15.2. The van der Waals surface area contributed by atoms with Crippen molar-refractivity contribution in [2.75, 3.05) is 26.2 Å². The van der Waals surface area contributed by atoms with E-state index in [0.29, 0.717) is 0 Å². The van der Waals surface area contributed by atoms with Gasteiger partial charge in [0.1, 0.15) is 0 Å². The van der Waals surface area contributed by atoms with E-state index < -0.39 is 0 Å². The summed E-state index contributed by atoms with van der Waals surface area (Å²) in [4.78, 5) is 2.66. The van der Waals surface area contributed by atoms with Crippen LogP contribution in [-0.4, -0.2) is 37.1 Å². The summed E-state index contributed by atoms with van der Waals surface area (Å²) >= 11 is 0. The maximum Gasteiger partial charge on any atom is 0.0132 e. The molecule has 1 N–H and O–H groups in total. The predicted molar refractivity (Wildman–Crippen MR) is 55.8 cm³/mol. The Labute approximate surface area is 81.0 Å². The number of nitrogens with zero attached hydrogens (tertiary/aromatic N) is 1. The van der Waals surface area contributed by atoms with Crippen LogP contribution in [-0.2, 0) is 0 Å². The van der Waals surface area contributed by atoms with Crippen LogP contribution in [0.5, 0.6) is 0 Å². The van der Waals surface area contributed by atoms with Crippen LogP contribution in [0.4, 0.5) is 0 Å². The summed E-state index contributed by atoms with van der Waals surface area (Å²) in [7, 11) is 0. The second kappa shape index (κ2) is 4.25. The molecule has 0 amide bonds. The summed E-state index contributed by atoms with van der Waals surface area (Å²) in [5, 5.41) is 3.36. The number of piperidine rings is 1. The summed E-state index contributed by atoms with van der Waals surface area (Å²) in [6.07, 6.45) is 6.34. The number of hydrogen-bond donors (Lipinski definition) is 1. The van der Waals surface area contributed by atoms with E-state index in [1.54, 1.807) is 0 Å². The highest BCUT2D eigenvalue weighted by molar-refractivity contribution is 4.92. The molecule has 0 radical (unpaired) electrons. The van der Waals surface area contributed by atoms with E-state index in [2.05, 4.69) is 16.8 Å². The molecule has 0 aromatic carbocycles. The third kappa shape index (κ3) is 2.12. The Morgan fingerprint density at radius 3 is 3.00 bits per heavy atom. The molecule has 2 unspecified atom stereocenters. The Morgan fingerprint density at radius 2 is 2.38 bits per heavy atom. The molecule has 1 saturated heterocycles. The molecule has 1 aliphatic carbocycles. The molecule has 74 valence electrons. The smallest absolute Gasteiger partial charge is 0.0132 e. The van der Waals surface area contributed by atoms with Crippen LogP contribution >= 0.6 is 0 Å². The normalized spacial score (nSPS) is 32.6. The Morgan fingerprint density at radius 1 is 1.46 bits per heavy atom. The van der Waals surface area contributed by atoms with Crippen molar-refractivity contribution in [1.29, 1.82) is 0 Å². The quantitative estimate of drug-likeness (QED) is 0.506. The van der Waals surface area contributed by atoms with E-state index in [4.69, 9.17) is 0 Å². The van der Waals surface area contributed by atoms with Gasteiger partial charge in [-0.1, -0.05) is 6.08 Å². The minimum atomic E-state index is 0.926. The fourth-order valence-corrected chi connectivity index (χ4v) is 2.73. The van der Waals surface area contributed by atoms with Crippen LogP contribution in [0.1, 0.15) is 19.3 Å². The van der Waals surface area contributed by atoms with E-state index in [1.165, 1.54) is 32.4 Å². The molecule has 2 bridgehead atoms. The van der Waals surface area contributed by atoms with Crippen LogP contribution < -0.4 is 5.32 Å². The summed E-state index contributed by atoms with van der Waals surface area (Å²) in [6, 6.07) is 0.926. The first-order valence-electron chi connectivity index (χ1n) is 5.46. The predicted octanol–water partition coefficient (Wildman–Crippen LogP) is 1.25. The second-order valence-electron chi connectivity index (χ2n) is 4.32. The lowest BCUT2D eigenvalue weighted by Crippen LogP contribution is -2.37. The van der Waals surface area contributed by atoms with Crippen molar-refractivity contribution >= 4 is 0 Å². The highest BCUT2D eigenvalue weighted by Crippen LogP contribution is 2.36. The van der Waals surface area contributed by atoms with Gasteiger partial charge in [0.2, 0.25) is 0 Å². The fourth-order valence-electron chi connectivity index (χ4n) is 2.73. The van der Waals surface area contributed by atoms with Gasteiger partial charge in [-0.2, -0.15) is 0 Å². The summed E-state index contributed by atoms with van der Waals surface area (Å²) in [5.41, 5.74) is 0. The average Bonchev–Trinajstić information content (AvgIpc) is 2.73. The van der Waals surface area contributed by atoms with Gasteiger partial charge in [0.05, 0.1) is 0 Å². The number of rotatable bonds is 5. The lowest BCUT2D eigenvalue weighted by molar-refractivity contribution is 0.215. The Kier molecular flexibility index (Phi) is 3.01. The van der Waals surface area contributed by atoms with E-state index >= 15 is 0 Å². The molecule has 2 rings (SSSR count). The maximum atomic E-state index is 3.69. The van der Waals surface area contributed by atoms with Crippen LogP contribution in [0.3, 0.4) is 0 Å². The van der Waals surface area contributed by atoms with E-state index in [-0.39, 0.29) is 0 Å². The third-order valence-corrected chi connectivity index (χ3v) is 3.39. The number of hydrogen-bond acceptors (Lipinski definition) is 2. The van der Waals surface area contributed by atoms with Crippen LogP contribution in [0.2, 0.25) is 0 Å². The minimum absolute atomic E-state index is 0.926. The van der Waals surface area contributed by atoms with Crippen LogP contribution in [0.15, 0.2) is 12.7 Å². The van der Waals surface area contributed by atoms with Crippen LogP contribution in [0.25, 0.3) is 0 Å². The molecule has 0 aromatic rings. The van der Waals surface area contributed by atoms with Gasteiger partial charge in [-0.15, -0.1) is 6.58 Å². The van der Waals surface area contributed by atoms with Crippen LogP contribution in [0, 0.1) is 5.92 Å².